The number of allylic oxidation sites excluding steroid dienone is 1. The summed E-state index contributed by atoms with van der Waals surface area (Å²) in [5, 5.41) is 1.08. The van der Waals surface area contributed by atoms with E-state index in [2.05, 4.69) is 84.6 Å². The normalized spacial score (nSPS) is 22.9. The lowest BCUT2D eigenvalue weighted by atomic mass is 10.1. The smallest absolute Gasteiger partial charge is 0.0483 e. The van der Waals surface area contributed by atoms with E-state index in [0.717, 1.165) is 6.42 Å². The summed E-state index contributed by atoms with van der Waals surface area (Å²) in [7, 11) is 0. The van der Waals surface area contributed by atoms with Gasteiger partial charge in [0.15, 0.2) is 0 Å². The zero-order chi connectivity index (χ0) is 12.2. The standard InChI is InChI=1S/C17H16S/c1-3-8-14(9-4-1)16-12-7-13-17(18-16)15-10-5-2-6-11-15/h1-12,16-17H,13H2/t16-,17-/m0/s1. The van der Waals surface area contributed by atoms with E-state index in [-0.39, 0.29) is 0 Å². The maximum absolute atomic E-state index is 2.33. The Kier molecular flexibility index (Phi) is 3.51. The predicted octanol–water partition coefficient (Wildman–Crippen LogP) is 5.16. The summed E-state index contributed by atoms with van der Waals surface area (Å²) < 4.78 is 0. The maximum Gasteiger partial charge on any atom is 0.0483 e. The van der Waals surface area contributed by atoms with E-state index in [1.165, 1.54) is 11.1 Å². The van der Waals surface area contributed by atoms with Gasteiger partial charge in [-0.1, -0.05) is 72.8 Å². The van der Waals surface area contributed by atoms with E-state index in [9.17, 15) is 0 Å². The molecule has 0 unspecified atom stereocenters. The first-order chi connectivity index (χ1) is 8.93. The summed E-state index contributed by atoms with van der Waals surface area (Å²) in [5.74, 6) is 0. The number of thioether (sulfide) groups is 1. The maximum atomic E-state index is 2.33. The molecule has 0 fully saturated rings. The van der Waals surface area contributed by atoms with Crippen LogP contribution in [0.3, 0.4) is 0 Å². The van der Waals surface area contributed by atoms with Crippen molar-refractivity contribution in [3.8, 4) is 0 Å². The SMILES string of the molecule is C1=C[C@@H](c2ccccc2)S[C@H](c2ccccc2)C1. The molecule has 0 aliphatic carbocycles. The Labute approximate surface area is 113 Å². The molecule has 0 nitrogen and oxygen atoms in total. The molecule has 90 valence electrons. The first-order valence-electron chi connectivity index (χ1n) is 6.35. The summed E-state index contributed by atoms with van der Waals surface area (Å²) in [4.78, 5) is 0. The van der Waals surface area contributed by atoms with Crippen molar-refractivity contribution >= 4 is 11.8 Å². The molecule has 2 atom stereocenters. The fourth-order valence-electron chi connectivity index (χ4n) is 2.32. The molecule has 18 heavy (non-hydrogen) atoms. The van der Waals surface area contributed by atoms with Crippen molar-refractivity contribution in [1.82, 2.24) is 0 Å². The molecule has 1 aliphatic heterocycles. The van der Waals surface area contributed by atoms with E-state index in [4.69, 9.17) is 0 Å². The van der Waals surface area contributed by atoms with Gasteiger partial charge in [-0.25, -0.2) is 0 Å². The molecule has 0 radical (unpaired) electrons. The molecule has 1 heteroatoms. The van der Waals surface area contributed by atoms with Crippen molar-refractivity contribution in [2.45, 2.75) is 16.9 Å². The zero-order valence-corrected chi connectivity index (χ0v) is 11.0. The van der Waals surface area contributed by atoms with E-state index in [1.54, 1.807) is 0 Å². The number of benzene rings is 2. The van der Waals surface area contributed by atoms with Crippen LogP contribution in [0, 0.1) is 0 Å². The highest BCUT2D eigenvalue weighted by molar-refractivity contribution is 8.00. The minimum atomic E-state index is 0.491. The van der Waals surface area contributed by atoms with Gasteiger partial charge in [0.25, 0.3) is 0 Å². The molecule has 2 aromatic carbocycles. The lowest BCUT2D eigenvalue weighted by molar-refractivity contribution is 0.933. The van der Waals surface area contributed by atoms with E-state index in [1.807, 2.05) is 0 Å². The Bertz CT molecular complexity index is 516. The average molecular weight is 252 g/mol. The molecule has 0 aromatic heterocycles. The van der Waals surface area contributed by atoms with Gasteiger partial charge in [0.05, 0.1) is 0 Å². The minimum absolute atomic E-state index is 0.491. The quantitative estimate of drug-likeness (QED) is 0.665. The molecule has 1 aliphatic rings. The number of hydrogen-bond donors (Lipinski definition) is 0. The van der Waals surface area contributed by atoms with E-state index < -0.39 is 0 Å². The van der Waals surface area contributed by atoms with Crippen LogP contribution >= 0.6 is 11.8 Å². The van der Waals surface area contributed by atoms with Gasteiger partial charge in [-0.05, 0) is 17.5 Å². The van der Waals surface area contributed by atoms with Crippen molar-refractivity contribution in [2.75, 3.05) is 0 Å². The van der Waals surface area contributed by atoms with Crippen LogP contribution in [0.4, 0.5) is 0 Å². The minimum Gasteiger partial charge on any atom is -0.141 e. The van der Waals surface area contributed by atoms with Crippen molar-refractivity contribution in [3.05, 3.63) is 83.9 Å². The number of hydrogen-bond acceptors (Lipinski definition) is 1. The largest absolute Gasteiger partial charge is 0.141 e. The van der Waals surface area contributed by atoms with Crippen molar-refractivity contribution in [3.63, 3.8) is 0 Å². The monoisotopic (exact) mass is 252 g/mol. The molecule has 0 N–H and O–H groups in total. The first kappa shape index (κ1) is 11.6. The van der Waals surface area contributed by atoms with Gasteiger partial charge in [0, 0.05) is 10.5 Å². The molecule has 0 bridgehead atoms. The molecular formula is C17H16S. The van der Waals surface area contributed by atoms with Gasteiger partial charge in [-0.3, -0.25) is 0 Å². The highest BCUT2D eigenvalue weighted by Crippen LogP contribution is 2.46. The predicted molar refractivity (Wildman–Crippen MR) is 79.7 cm³/mol. The van der Waals surface area contributed by atoms with Gasteiger partial charge < -0.3 is 0 Å². The van der Waals surface area contributed by atoms with E-state index in [0.29, 0.717) is 10.5 Å². The van der Waals surface area contributed by atoms with Crippen molar-refractivity contribution in [2.24, 2.45) is 0 Å². The summed E-state index contributed by atoms with van der Waals surface area (Å²) in [6.07, 6.45) is 5.79. The van der Waals surface area contributed by atoms with Crippen molar-refractivity contribution < 1.29 is 0 Å². The molecule has 2 aromatic rings. The van der Waals surface area contributed by atoms with Gasteiger partial charge in [-0.15, -0.1) is 11.8 Å². The lowest BCUT2D eigenvalue weighted by Gasteiger charge is -2.25. The van der Waals surface area contributed by atoms with Crippen LogP contribution in [-0.4, -0.2) is 0 Å². The molecule has 0 spiro atoms. The van der Waals surface area contributed by atoms with Crippen LogP contribution in [0.1, 0.15) is 28.0 Å². The van der Waals surface area contributed by atoms with Gasteiger partial charge in [-0.2, -0.15) is 0 Å². The molecule has 3 rings (SSSR count). The molecule has 0 saturated carbocycles. The molecule has 0 saturated heterocycles. The van der Waals surface area contributed by atoms with Crippen LogP contribution in [0.5, 0.6) is 0 Å². The summed E-state index contributed by atoms with van der Waals surface area (Å²) in [5.41, 5.74) is 2.84. The molecular weight excluding hydrogens is 236 g/mol. The summed E-state index contributed by atoms with van der Waals surface area (Å²) in [6, 6.07) is 21.6. The Morgan fingerprint density at radius 2 is 1.39 bits per heavy atom. The Morgan fingerprint density at radius 3 is 2.06 bits per heavy atom. The third kappa shape index (κ3) is 2.51. The van der Waals surface area contributed by atoms with Crippen LogP contribution < -0.4 is 0 Å². The molecule has 1 heterocycles. The van der Waals surface area contributed by atoms with Gasteiger partial charge >= 0.3 is 0 Å². The fourth-order valence-corrected chi connectivity index (χ4v) is 3.72. The summed E-state index contributed by atoms with van der Waals surface area (Å²) >= 11 is 2.05. The second-order valence-corrected chi connectivity index (χ2v) is 5.88. The van der Waals surface area contributed by atoms with Gasteiger partial charge in [0.1, 0.15) is 0 Å². The summed E-state index contributed by atoms with van der Waals surface area (Å²) in [6.45, 7) is 0. The zero-order valence-electron chi connectivity index (χ0n) is 10.2. The lowest BCUT2D eigenvalue weighted by Crippen LogP contribution is -2.02. The second-order valence-electron chi connectivity index (χ2n) is 4.53. The van der Waals surface area contributed by atoms with Crippen LogP contribution in [0.2, 0.25) is 0 Å². The van der Waals surface area contributed by atoms with Gasteiger partial charge in [0.2, 0.25) is 0 Å². The fraction of sp³-hybridized carbons (Fsp3) is 0.176. The van der Waals surface area contributed by atoms with Crippen molar-refractivity contribution in [1.29, 1.82) is 0 Å². The topological polar surface area (TPSA) is 0 Å². The Hall–Kier alpha value is -1.47. The molecule has 0 amide bonds. The van der Waals surface area contributed by atoms with Crippen LogP contribution in [0.25, 0.3) is 0 Å². The highest BCUT2D eigenvalue weighted by Gasteiger charge is 2.20. The number of rotatable bonds is 2. The average Bonchev–Trinajstić information content (AvgIpc) is 2.49. The Morgan fingerprint density at radius 1 is 0.778 bits per heavy atom. The third-order valence-electron chi connectivity index (χ3n) is 3.27. The second kappa shape index (κ2) is 5.45. The first-order valence-corrected chi connectivity index (χ1v) is 7.30. The third-order valence-corrected chi connectivity index (χ3v) is 4.79. The van der Waals surface area contributed by atoms with Crippen LogP contribution in [-0.2, 0) is 0 Å². The van der Waals surface area contributed by atoms with Crippen LogP contribution in [0.15, 0.2) is 72.8 Å². The van der Waals surface area contributed by atoms with E-state index >= 15 is 0 Å². The Balaban J connectivity index is 1.81. The highest BCUT2D eigenvalue weighted by atomic mass is 32.2.